The number of carbonyl (C=O) groups excluding carboxylic acids is 1. The lowest BCUT2D eigenvalue weighted by Crippen LogP contribution is -2.36. The van der Waals surface area contributed by atoms with Crippen LogP contribution < -0.4 is 0 Å². The zero-order valence-electron chi connectivity index (χ0n) is 11.9. The molecule has 0 unspecified atom stereocenters. The lowest BCUT2D eigenvalue weighted by Gasteiger charge is -2.36. The number of hydrogen-bond donors (Lipinski definition) is 1. The second-order valence-corrected chi connectivity index (χ2v) is 5.89. The van der Waals surface area contributed by atoms with Gasteiger partial charge in [0.1, 0.15) is 12.7 Å². The summed E-state index contributed by atoms with van der Waals surface area (Å²) in [6.45, 7) is 8.09. The highest BCUT2D eigenvalue weighted by Gasteiger charge is 2.33. The van der Waals surface area contributed by atoms with Crippen molar-refractivity contribution < 1.29 is 19.4 Å². The minimum Gasteiger partial charge on any atom is -0.432 e. The first kappa shape index (κ1) is 15.3. The Morgan fingerprint density at radius 2 is 2.00 bits per heavy atom. The standard InChI is InChI=1S/C14H26O4/c1-9(2)12-6-5-10(3)7-13(12)18-14(16)17-8-11(4)15/h9-13,15H,5-8H2,1-4H3/t10-,11-,12+,13-/m1/s1. The van der Waals surface area contributed by atoms with Crippen molar-refractivity contribution in [3.63, 3.8) is 0 Å². The van der Waals surface area contributed by atoms with E-state index in [4.69, 9.17) is 14.6 Å². The Labute approximate surface area is 110 Å². The fraction of sp³-hybridized carbons (Fsp3) is 0.929. The van der Waals surface area contributed by atoms with Crippen molar-refractivity contribution >= 4 is 6.16 Å². The van der Waals surface area contributed by atoms with Crippen molar-refractivity contribution in [3.05, 3.63) is 0 Å². The molecule has 0 aromatic heterocycles. The van der Waals surface area contributed by atoms with Gasteiger partial charge >= 0.3 is 6.16 Å². The van der Waals surface area contributed by atoms with Gasteiger partial charge in [0.15, 0.2) is 0 Å². The zero-order chi connectivity index (χ0) is 13.7. The number of ether oxygens (including phenoxy) is 2. The Morgan fingerprint density at radius 1 is 1.33 bits per heavy atom. The van der Waals surface area contributed by atoms with Crippen LogP contribution >= 0.6 is 0 Å². The molecule has 0 saturated heterocycles. The number of aliphatic hydroxyl groups is 1. The summed E-state index contributed by atoms with van der Waals surface area (Å²) in [6, 6.07) is 0. The molecule has 1 saturated carbocycles. The summed E-state index contributed by atoms with van der Waals surface area (Å²) in [5.41, 5.74) is 0. The van der Waals surface area contributed by atoms with Crippen LogP contribution in [-0.2, 0) is 9.47 Å². The molecule has 0 heterocycles. The van der Waals surface area contributed by atoms with Crippen molar-refractivity contribution in [3.8, 4) is 0 Å². The molecule has 0 spiro atoms. The van der Waals surface area contributed by atoms with Gasteiger partial charge in [-0.3, -0.25) is 0 Å². The second-order valence-electron chi connectivity index (χ2n) is 5.89. The van der Waals surface area contributed by atoms with E-state index in [-0.39, 0.29) is 12.7 Å². The quantitative estimate of drug-likeness (QED) is 0.788. The molecule has 0 radical (unpaired) electrons. The number of rotatable bonds is 4. The van der Waals surface area contributed by atoms with Gasteiger partial charge in [-0.2, -0.15) is 0 Å². The van der Waals surface area contributed by atoms with Gasteiger partial charge in [0.2, 0.25) is 0 Å². The SMILES string of the molecule is CC(C)[C@@H]1CC[C@@H](C)C[C@H]1OC(=O)OC[C@@H](C)O. The van der Waals surface area contributed by atoms with E-state index in [9.17, 15) is 4.79 Å². The van der Waals surface area contributed by atoms with E-state index in [1.54, 1.807) is 6.92 Å². The maximum atomic E-state index is 11.5. The molecule has 0 bridgehead atoms. The van der Waals surface area contributed by atoms with E-state index in [1.165, 1.54) is 6.42 Å². The third-order valence-corrected chi connectivity index (χ3v) is 3.65. The molecule has 4 heteroatoms. The zero-order valence-corrected chi connectivity index (χ0v) is 11.9. The van der Waals surface area contributed by atoms with Crippen molar-refractivity contribution in [2.75, 3.05) is 6.61 Å². The van der Waals surface area contributed by atoms with Crippen molar-refractivity contribution in [2.24, 2.45) is 17.8 Å². The van der Waals surface area contributed by atoms with Crippen molar-refractivity contribution in [1.29, 1.82) is 0 Å². The lowest BCUT2D eigenvalue weighted by molar-refractivity contribution is -0.0412. The third-order valence-electron chi connectivity index (χ3n) is 3.65. The molecular weight excluding hydrogens is 232 g/mol. The van der Waals surface area contributed by atoms with Gasteiger partial charge < -0.3 is 14.6 Å². The highest BCUT2D eigenvalue weighted by Crippen LogP contribution is 2.35. The maximum absolute atomic E-state index is 11.5. The summed E-state index contributed by atoms with van der Waals surface area (Å²) in [5.74, 6) is 1.52. The molecule has 106 valence electrons. The first-order valence-electron chi connectivity index (χ1n) is 6.91. The highest BCUT2D eigenvalue weighted by atomic mass is 16.7. The number of aliphatic hydroxyl groups excluding tert-OH is 1. The van der Waals surface area contributed by atoms with E-state index in [1.807, 2.05) is 0 Å². The average Bonchev–Trinajstić information content (AvgIpc) is 2.26. The van der Waals surface area contributed by atoms with E-state index < -0.39 is 12.3 Å². The van der Waals surface area contributed by atoms with Gasteiger partial charge in [0, 0.05) is 0 Å². The van der Waals surface area contributed by atoms with Crippen LogP contribution in [0.25, 0.3) is 0 Å². The van der Waals surface area contributed by atoms with E-state index >= 15 is 0 Å². The first-order chi connectivity index (χ1) is 8.40. The Balaban J connectivity index is 2.47. The molecule has 1 aliphatic carbocycles. The number of carbonyl (C=O) groups is 1. The molecule has 0 aliphatic heterocycles. The summed E-state index contributed by atoms with van der Waals surface area (Å²) < 4.78 is 10.3. The molecule has 4 nitrogen and oxygen atoms in total. The first-order valence-corrected chi connectivity index (χ1v) is 6.91. The summed E-state index contributed by atoms with van der Waals surface area (Å²) in [5, 5.41) is 9.06. The van der Waals surface area contributed by atoms with Crippen LogP contribution in [0, 0.1) is 17.8 Å². The summed E-state index contributed by atoms with van der Waals surface area (Å²) >= 11 is 0. The normalized spacial score (nSPS) is 30.0. The van der Waals surface area contributed by atoms with Crippen LogP contribution in [0.3, 0.4) is 0 Å². The van der Waals surface area contributed by atoms with Crippen LogP contribution in [0.1, 0.15) is 47.0 Å². The largest absolute Gasteiger partial charge is 0.508 e. The topological polar surface area (TPSA) is 55.8 Å². The minimum absolute atomic E-state index is 0.00650. The van der Waals surface area contributed by atoms with Gasteiger partial charge in [0.05, 0.1) is 6.10 Å². The fourth-order valence-electron chi connectivity index (χ4n) is 2.60. The number of hydrogen-bond acceptors (Lipinski definition) is 4. The Kier molecular flexibility index (Phi) is 5.93. The van der Waals surface area contributed by atoms with Crippen LogP contribution in [0.5, 0.6) is 0 Å². The van der Waals surface area contributed by atoms with Gasteiger partial charge in [-0.15, -0.1) is 0 Å². The van der Waals surface area contributed by atoms with Gasteiger partial charge in [-0.1, -0.05) is 27.2 Å². The third kappa shape index (κ3) is 4.84. The van der Waals surface area contributed by atoms with Crippen LogP contribution in [0.4, 0.5) is 4.79 Å². The smallest absolute Gasteiger partial charge is 0.432 e. The molecule has 4 atom stereocenters. The van der Waals surface area contributed by atoms with E-state index in [2.05, 4.69) is 20.8 Å². The monoisotopic (exact) mass is 258 g/mol. The van der Waals surface area contributed by atoms with Crippen LogP contribution in [0.15, 0.2) is 0 Å². The molecule has 1 aliphatic rings. The highest BCUT2D eigenvalue weighted by molar-refractivity contribution is 5.60. The molecule has 0 aromatic rings. The van der Waals surface area contributed by atoms with Crippen LogP contribution in [0.2, 0.25) is 0 Å². The predicted molar refractivity (Wildman–Crippen MR) is 69.2 cm³/mol. The maximum Gasteiger partial charge on any atom is 0.508 e. The van der Waals surface area contributed by atoms with Crippen molar-refractivity contribution in [1.82, 2.24) is 0 Å². The molecule has 1 fully saturated rings. The molecule has 0 amide bonds. The summed E-state index contributed by atoms with van der Waals surface area (Å²) in [7, 11) is 0. The van der Waals surface area contributed by atoms with E-state index in [0.29, 0.717) is 17.8 Å². The lowest BCUT2D eigenvalue weighted by atomic mass is 9.75. The Hall–Kier alpha value is -0.770. The molecule has 0 aromatic carbocycles. The molecule has 1 rings (SSSR count). The Bertz CT molecular complexity index is 263. The predicted octanol–water partition coefficient (Wildman–Crippen LogP) is 2.98. The Morgan fingerprint density at radius 3 is 2.56 bits per heavy atom. The van der Waals surface area contributed by atoms with Crippen LogP contribution in [-0.4, -0.2) is 30.1 Å². The van der Waals surface area contributed by atoms with Gasteiger partial charge in [0.25, 0.3) is 0 Å². The minimum atomic E-state index is -0.652. The summed E-state index contributed by atoms with van der Waals surface area (Å²) in [4.78, 5) is 11.5. The molecule has 1 N–H and O–H groups in total. The van der Waals surface area contributed by atoms with E-state index in [0.717, 1.165) is 12.8 Å². The fourth-order valence-corrected chi connectivity index (χ4v) is 2.60. The molecule has 18 heavy (non-hydrogen) atoms. The average molecular weight is 258 g/mol. The molecular formula is C14H26O4. The van der Waals surface area contributed by atoms with Gasteiger partial charge in [-0.25, -0.2) is 4.79 Å². The second kappa shape index (κ2) is 6.98. The van der Waals surface area contributed by atoms with Crippen molar-refractivity contribution in [2.45, 2.75) is 59.2 Å². The van der Waals surface area contributed by atoms with Gasteiger partial charge in [-0.05, 0) is 37.5 Å². The summed E-state index contributed by atoms with van der Waals surface area (Å²) in [6.07, 6.45) is 1.87.